The minimum absolute atomic E-state index is 0.145. The minimum Gasteiger partial charge on any atom is -0.481 e. The fourth-order valence-electron chi connectivity index (χ4n) is 1.55. The maximum Gasteiger partial charge on any atom is 0.308 e. The molecule has 94 valence electrons. The van der Waals surface area contributed by atoms with E-state index in [2.05, 4.69) is 15.5 Å². The van der Waals surface area contributed by atoms with Crippen LogP contribution in [0.2, 0.25) is 0 Å². The number of aromatic amines is 1. The molecule has 0 radical (unpaired) electrons. The van der Waals surface area contributed by atoms with Crippen molar-refractivity contribution in [2.24, 2.45) is 5.92 Å². The summed E-state index contributed by atoms with van der Waals surface area (Å²) in [6.45, 7) is 3.80. The lowest BCUT2D eigenvalue weighted by molar-refractivity contribution is -0.141. The number of aryl methyl sites for hydroxylation is 1. The number of carboxylic acid groups (broad SMARTS) is 1. The van der Waals surface area contributed by atoms with E-state index >= 15 is 0 Å². The molecule has 0 aliphatic rings. The van der Waals surface area contributed by atoms with Crippen molar-refractivity contribution in [2.75, 3.05) is 6.54 Å². The molecule has 0 saturated heterocycles. The Morgan fingerprint density at radius 1 is 1.59 bits per heavy atom. The molecule has 0 bridgehead atoms. The molecule has 1 aromatic heterocycles. The summed E-state index contributed by atoms with van der Waals surface area (Å²) in [4.78, 5) is 22.6. The van der Waals surface area contributed by atoms with Crippen molar-refractivity contribution in [3.05, 3.63) is 17.5 Å². The predicted octanol–water partition coefficient (Wildman–Crippen LogP) is 0.949. The van der Waals surface area contributed by atoms with Gasteiger partial charge in [-0.25, -0.2) is 0 Å². The number of nitrogens with one attached hydrogen (secondary N) is 2. The Hall–Kier alpha value is -1.85. The lowest BCUT2D eigenvalue weighted by atomic mass is 10.0. The van der Waals surface area contributed by atoms with E-state index in [4.69, 9.17) is 5.11 Å². The normalized spacial score (nSPS) is 12.1. The van der Waals surface area contributed by atoms with Crippen LogP contribution in [0.5, 0.6) is 0 Å². The predicted molar refractivity (Wildman–Crippen MR) is 61.7 cm³/mol. The van der Waals surface area contributed by atoms with Gasteiger partial charge in [-0.15, -0.1) is 0 Å². The van der Waals surface area contributed by atoms with Crippen molar-refractivity contribution in [2.45, 2.75) is 26.7 Å². The Morgan fingerprint density at radius 2 is 2.29 bits per heavy atom. The number of aliphatic carboxylic acids is 1. The zero-order valence-corrected chi connectivity index (χ0v) is 9.99. The lowest BCUT2D eigenvalue weighted by Gasteiger charge is -2.11. The van der Waals surface area contributed by atoms with Crippen LogP contribution in [0.15, 0.2) is 6.20 Å². The van der Waals surface area contributed by atoms with Crippen molar-refractivity contribution >= 4 is 11.9 Å². The average molecular weight is 239 g/mol. The number of nitrogens with zero attached hydrogens (tertiary/aromatic N) is 1. The van der Waals surface area contributed by atoms with Crippen molar-refractivity contribution in [1.29, 1.82) is 0 Å². The summed E-state index contributed by atoms with van der Waals surface area (Å²) in [5.41, 5.74) is 1.12. The Balaban J connectivity index is 2.52. The minimum atomic E-state index is -0.879. The number of amides is 1. The molecule has 0 aliphatic heterocycles. The summed E-state index contributed by atoms with van der Waals surface area (Å²) in [6, 6.07) is 0. The van der Waals surface area contributed by atoms with Gasteiger partial charge in [0, 0.05) is 12.2 Å². The van der Waals surface area contributed by atoms with Crippen LogP contribution in [0.25, 0.3) is 0 Å². The number of H-pyrrole nitrogens is 1. The van der Waals surface area contributed by atoms with E-state index in [1.165, 1.54) is 6.20 Å². The van der Waals surface area contributed by atoms with E-state index < -0.39 is 11.9 Å². The molecule has 1 amide bonds. The van der Waals surface area contributed by atoms with Gasteiger partial charge in [0.15, 0.2) is 0 Å². The van der Waals surface area contributed by atoms with E-state index in [0.29, 0.717) is 17.7 Å². The summed E-state index contributed by atoms with van der Waals surface area (Å²) in [7, 11) is 0. The quantitative estimate of drug-likeness (QED) is 0.688. The number of aromatic nitrogens is 2. The molecule has 17 heavy (non-hydrogen) atoms. The second-order valence-corrected chi connectivity index (χ2v) is 3.94. The molecule has 3 N–H and O–H groups in total. The van der Waals surface area contributed by atoms with Crippen molar-refractivity contribution in [3.63, 3.8) is 0 Å². The number of carbonyl (C=O) groups is 2. The first-order chi connectivity index (χ1) is 8.06. The van der Waals surface area contributed by atoms with Crippen LogP contribution in [0.3, 0.4) is 0 Å². The summed E-state index contributed by atoms with van der Waals surface area (Å²) in [5.74, 6) is -1.70. The molecule has 1 heterocycles. The topological polar surface area (TPSA) is 95.1 Å². The standard InChI is InChI=1S/C11H17N3O3/c1-3-4-8(11(16)17)5-12-10(15)9-6-13-14-7(9)2/h6,8H,3-5H2,1-2H3,(H,12,15)(H,13,14)(H,16,17). The van der Waals surface area contributed by atoms with Gasteiger partial charge in [0.1, 0.15) is 0 Å². The Labute approximate surface area is 99.4 Å². The highest BCUT2D eigenvalue weighted by molar-refractivity contribution is 5.95. The van der Waals surface area contributed by atoms with Crippen LogP contribution in [0.4, 0.5) is 0 Å². The van der Waals surface area contributed by atoms with Gasteiger partial charge in [0.2, 0.25) is 0 Å². The highest BCUT2D eigenvalue weighted by Crippen LogP contribution is 2.07. The second kappa shape index (κ2) is 6.03. The van der Waals surface area contributed by atoms with Gasteiger partial charge < -0.3 is 10.4 Å². The van der Waals surface area contributed by atoms with Crippen molar-refractivity contribution in [1.82, 2.24) is 15.5 Å². The number of carboxylic acids is 1. The maximum atomic E-state index is 11.7. The Bertz CT molecular complexity index is 400. The molecule has 6 heteroatoms. The molecule has 6 nitrogen and oxygen atoms in total. The molecule has 0 aliphatic carbocycles. The molecule has 1 atom stereocenters. The number of hydrogen-bond acceptors (Lipinski definition) is 3. The van der Waals surface area contributed by atoms with Gasteiger partial charge in [-0.3, -0.25) is 14.7 Å². The third-order valence-corrected chi connectivity index (χ3v) is 2.57. The van der Waals surface area contributed by atoms with Crippen LogP contribution in [-0.4, -0.2) is 33.7 Å². The molecule has 1 rings (SSSR count). The molecule has 0 aromatic carbocycles. The second-order valence-electron chi connectivity index (χ2n) is 3.94. The van der Waals surface area contributed by atoms with E-state index in [1.54, 1.807) is 6.92 Å². The Morgan fingerprint density at radius 3 is 2.76 bits per heavy atom. The zero-order chi connectivity index (χ0) is 12.8. The smallest absolute Gasteiger partial charge is 0.308 e. The molecule has 0 fully saturated rings. The molecule has 0 spiro atoms. The van der Waals surface area contributed by atoms with Crippen LogP contribution < -0.4 is 5.32 Å². The monoisotopic (exact) mass is 239 g/mol. The van der Waals surface area contributed by atoms with Crippen LogP contribution >= 0.6 is 0 Å². The van der Waals surface area contributed by atoms with Crippen molar-refractivity contribution in [3.8, 4) is 0 Å². The summed E-state index contributed by atoms with van der Waals surface area (Å²) >= 11 is 0. The zero-order valence-electron chi connectivity index (χ0n) is 9.99. The molecule has 1 aromatic rings. The van der Waals surface area contributed by atoms with Gasteiger partial charge >= 0.3 is 5.97 Å². The molecular weight excluding hydrogens is 222 g/mol. The largest absolute Gasteiger partial charge is 0.481 e. The van der Waals surface area contributed by atoms with Gasteiger partial charge in [-0.05, 0) is 13.3 Å². The summed E-state index contributed by atoms with van der Waals surface area (Å²) < 4.78 is 0. The third kappa shape index (κ3) is 3.58. The average Bonchev–Trinajstić information content (AvgIpc) is 2.69. The van der Waals surface area contributed by atoms with Gasteiger partial charge in [0.05, 0.1) is 17.7 Å². The van der Waals surface area contributed by atoms with Gasteiger partial charge in [-0.1, -0.05) is 13.3 Å². The molecule has 0 saturated carbocycles. The molecule has 1 unspecified atom stereocenters. The van der Waals surface area contributed by atoms with E-state index in [1.807, 2.05) is 6.92 Å². The lowest BCUT2D eigenvalue weighted by Crippen LogP contribution is -2.33. The molecular formula is C11H17N3O3. The van der Waals surface area contributed by atoms with E-state index in [9.17, 15) is 9.59 Å². The first-order valence-corrected chi connectivity index (χ1v) is 5.57. The van der Waals surface area contributed by atoms with E-state index in [0.717, 1.165) is 6.42 Å². The summed E-state index contributed by atoms with van der Waals surface area (Å²) in [5, 5.41) is 17.9. The first kappa shape index (κ1) is 13.2. The van der Waals surface area contributed by atoms with Gasteiger partial charge in [-0.2, -0.15) is 5.10 Å². The Kier molecular flexibility index (Phi) is 4.68. The summed E-state index contributed by atoms with van der Waals surface area (Å²) in [6.07, 6.45) is 2.76. The fraction of sp³-hybridized carbons (Fsp3) is 0.545. The fourth-order valence-corrected chi connectivity index (χ4v) is 1.55. The SMILES string of the molecule is CCCC(CNC(=O)c1cn[nH]c1C)C(=O)O. The first-order valence-electron chi connectivity index (χ1n) is 5.57. The third-order valence-electron chi connectivity index (χ3n) is 2.57. The highest BCUT2D eigenvalue weighted by atomic mass is 16.4. The van der Waals surface area contributed by atoms with E-state index in [-0.39, 0.29) is 12.5 Å². The van der Waals surface area contributed by atoms with Crippen LogP contribution in [0.1, 0.15) is 35.8 Å². The van der Waals surface area contributed by atoms with Crippen molar-refractivity contribution < 1.29 is 14.7 Å². The number of hydrogen-bond donors (Lipinski definition) is 3. The highest BCUT2D eigenvalue weighted by Gasteiger charge is 2.18. The van der Waals surface area contributed by atoms with Crippen LogP contribution in [0, 0.1) is 12.8 Å². The number of rotatable bonds is 6. The maximum absolute atomic E-state index is 11.7. The number of carbonyl (C=O) groups excluding carboxylic acids is 1. The van der Waals surface area contributed by atoms with Gasteiger partial charge in [0.25, 0.3) is 5.91 Å². The van der Waals surface area contributed by atoms with Crippen LogP contribution in [-0.2, 0) is 4.79 Å².